The van der Waals surface area contributed by atoms with Crippen molar-refractivity contribution in [2.24, 2.45) is 0 Å². The van der Waals surface area contributed by atoms with Crippen molar-refractivity contribution in [2.75, 3.05) is 46.6 Å². The van der Waals surface area contributed by atoms with Crippen LogP contribution in [0.2, 0.25) is 5.02 Å². The number of halogens is 1. The molecule has 0 aliphatic rings. The number of ether oxygens (including phenoxy) is 3. The Hall–Kier alpha value is -0.650. The zero-order chi connectivity index (χ0) is 15.3. The van der Waals surface area contributed by atoms with Crippen LogP contribution in [0.25, 0.3) is 0 Å². The van der Waals surface area contributed by atoms with Crippen LogP contribution in [-0.2, 0) is 14.2 Å². The van der Waals surface area contributed by atoms with Gasteiger partial charge in [0.1, 0.15) is 0 Å². The van der Waals surface area contributed by atoms with Gasteiger partial charge in [-0.2, -0.15) is 0 Å². The number of benzene rings is 1. The number of hydrogen-bond acceptors (Lipinski definition) is 4. The van der Waals surface area contributed by atoms with Crippen LogP contribution in [0.5, 0.6) is 0 Å². The largest absolute Gasteiger partial charge is 0.382 e. The Kier molecular flexibility index (Phi) is 10.5. The third-order valence-corrected chi connectivity index (χ3v) is 3.33. The van der Waals surface area contributed by atoms with Crippen molar-refractivity contribution in [3.05, 3.63) is 34.9 Å². The molecule has 1 aromatic rings. The van der Waals surface area contributed by atoms with Crippen LogP contribution in [0.4, 0.5) is 0 Å². The lowest BCUT2D eigenvalue weighted by Crippen LogP contribution is -2.25. The highest BCUT2D eigenvalue weighted by Gasteiger charge is 2.14. The summed E-state index contributed by atoms with van der Waals surface area (Å²) in [5.74, 6) is 0. The lowest BCUT2D eigenvalue weighted by atomic mass is 10.1. The zero-order valence-corrected chi connectivity index (χ0v) is 13.7. The molecule has 21 heavy (non-hydrogen) atoms. The first-order valence-corrected chi connectivity index (χ1v) is 7.80. The summed E-state index contributed by atoms with van der Waals surface area (Å²) in [6.45, 7) is 6.13. The lowest BCUT2D eigenvalue weighted by Gasteiger charge is -2.20. The Labute approximate surface area is 132 Å². The van der Waals surface area contributed by atoms with Gasteiger partial charge in [-0.1, -0.05) is 36.7 Å². The Balaban J connectivity index is 2.43. The van der Waals surface area contributed by atoms with Crippen molar-refractivity contribution in [1.29, 1.82) is 0 Å². The van der Waals surface area contributed by atoms with Crippen LogP contribution >= 0.6 is 11.6 Å². The van der Waals surface area contributed by atoms with Crippen molar-refractivity contribution < 1.29 is 14.2 Å². The van der Waals surface area contributed by atoms with Crippen molar-refractivity contribution in [3.63, 3.8) is 0 Å². The van der Waals surface area contributed by atoms with Gasteiger partial charge in [-0.3, -0.25) is 0 Å². The molecule has 1 atom stereocenters. The molecule has 1 N–H and O–H groups in total. The molecular weight excluding hydrogens is 290 g/mol. The molecule has 1 unspecified atom stereocenters. The first kappa shape index (κ1) is 18.4. The summed E-state index contributed by atoms with van der Waals surface area (Å²) in [6.07, 6.45) is 1.03. The number of hydrogen-bond donors (Lipinski definition) is 1. The number of methoxy groups -OCH3 is 1. The lowest BCUT2D eigenvalue weighted by molar-refractivity contribution is -0.00677. The van der Waals surface area contributed by atoms with E-state index in [1.54, 1.807) is 7.11 Å². The molecule has 4 nitrogen and oxygen atoms in total. The average molecular weight is 316 g/mol. The summed E-state index contributed by atoms with van der Waals surface area (Å²) in [5.41, 5.74) is 1.01. The molecule has 0 radical (unpaired) electrons. The zero-order valence-electron chi connectivity index (χ0n) is 12.9. The topological polar surface area (TPSA) is 39.7 Å². The summed E-state index contributed by atoms with van der Waals surface area (Å²) in [7, 11) is 1.66. The van der Waals surface area contributed by atoms with Gasteiger partial charge in [0, 0.05) is 24.2 Å². The van der Waals surface area contributed by atoms with E-state index in [1.165, 1.54) is 0 Å². The molecule has 0 saturated carbocycles. The van der Waals surface area contributed by atoms with E-state index in [-0.39, 0.29) is 6.10 Å². The molecular formula is C16H26ClNO3. The van der Waals surface area contributed by atoms with Crippen LogP contribution in [0.1, 0.15) is 25.0 Å². The van der Waals surface area contributed by atoms with E-state index in [1.807, 2.05) is 24.3 Å². The Morgan fingerprint density at radius 1 is 1.14 bits per heavy atom. The SMILES string of the molecule is CCCNCC(OCCOCCOC)c1ccccc1Cl. The first-order chi connectivity index (χ1) is 10.3. The standard InChI is InChI=1S/C16H26ClNO3/c1-3-8-18-13-16(14-6-4-5-7-15(14)17)21-12-11-20-10-9-19-2/h4-7,16,18H,3,8-13H2,1-2H3. The van der Waals surface area contributed by atoms with E-state index in [0.717, 1.165) is 30.1 Å². The first-order valence-electron chi connectivity index (χ1n) is 7.43. The van der Waals surface area contributed by atoms with Crippen LogP contribution in [0.3, 0.4) is 0 Å². The maximum atomic E-state index is 6.26. The number of rotatable bonds is 12. The van der Waals surface area contributed by atoms with E-state index in [2.05, 4.69) is 12.2 Å². The summed E-state index contributed by atoms with van der Waals surface area (Å²) in [5, 5.41) is 4.11. The summed E-state index contributed by atoms with van der Waals surface area (Å²) >= 11 is 6.26. The Morgan fingerprint density at radius 2 is 1.90 bits per heavy atom. The van der Waals surface area contributed by atoms with Gasteiger partial charge in [0.15, 0.2) is 0 Å². The third-order valence-electron chi connectivity index (χ3n) is 2.99. The van der Waals surface area contributed by atoms with Gasteiger partial charge >= 0.3 is 0 Å². The normalized spacial score (nSPS) is 12.5. The summed E-state index contributed by atoms with van der Waals surface area (Å²) < 4.78 is 16.3. The fourth-order valence-corrected chi connectivity index (χ4v) is 2.16. The molecule has 5 heteroatoms. The second-order valence-corrected chi connectivity index (χ2v) is 5.10. The van der Waals surface area contributed by atoms with Gasteiger partial charge in [-0.15, -0.1) is 0 Å². The van der Waals surface area contributed by atoms with Gasteiger partial charge in [0.05, 0.1) is 32.5 Å². The molecule has 0 heterocycles. The predicted octanol–water partition coefficient (Wildman–Crippen LogP) is 3.06. The minimum atomic E-state index is -0.0590. The molecule has 1 aromatic carbocycles. The molecule has 0 spiro atoms. The van der Waals surface area contributed by atoms with Gasteiger partial charge in [-0.05, 0) is 19.0 Å². The highest BCUT2D eigenvalue weighted by molar-refractivity contribution is 6.31. The van der Waals surface area contributed by atoms with Gasteiger partial charge in [0.25, 0.3) is 0 Å². The molecule has 0 amide bonds. The fraction of sp³-hybridized carbons (Fsp3) is 0.625. The van der Waals surface area contributed by atoms with Crippen LogP contribution < -0.4 is 5.32 Å². The highest BCUT2D eigenvalue weighted by Crippen LogP contribution is 2.24. The number of nitrogens with one attached hydrogen (secondary N) is 1. The predicted molar refractivity (Wildman–Crippen MR) is 86.0 cm³/mol. The van der Waals surface area contributed by atoms with E-state index in [4.69, 9.17) is 25.8 Å². The van der Waals surface area contributed by atoms with Crippen molar-refractivity contribution in [2.45, 2.75) is 19.4 Å². The van der Waals surface area contributed by atoms with Gasteiger partial charge in [0.2, 0.25) is 0 Å². The smallest absolute Gasteiger partial charge is 0.0964 e. The monoisotopic (exact) mass is 315 g/mol. The van der Waals surface area contributed by atoms with Gasteiger partial charge in [-0.25, -0.2) is 0 Å². The van der Waals surface area contributed by atoms with Crippen LogP contribution in [-0.4, -0.2) is 46.6 Å². The summed E-state index contributed by atoms with van der Waals surface area (Å²) in [4.78, 5) is 0. The Morgan fingerprint density at radius 3 is 2.62 bits per heavy atom. The van der Waals surface area contributed by atoms with E-state index < -0.39 is 0 Å². The maximum Gasteiger partial charge on any atom is 0.0964 e. The summed E-state index contributed by atoms with van der Waals surface area (Å²) in [6, 6.07) is 7.80. The molecule has 120 valence electrons. The van der Waals surface area contributed by atoms with Gasteiger partial charge < -0.3 is 19.5 Å². The maximum absolute atomic E-state index is 6.26. The quantitative estimate of drug-likeness (QED) is 0.602. The van der Waals surface area contributed by atoms with Crippen molar-refractivity contribution >= 4 is 11.6 Å². The molecule has 0 fully saturated rings. The third kappa shape index (κ3) is 7.79. The van der Waals surface area contributed by atoms with Crippen LogP contribution in [0, 0.1) is 0 Å². The minimum Gasteiger partial charge on any atom is -0.382 e. The van der Waals surface area contributed by atoms with Crippen molar-refractivity contribution in [3.8, 4) is 0 Å². The molecule has 1 rings (SSSR count). The van der Waals surface area contributed by atoms with Crippen LogP contribution in [0.15, 0.2) is 24.3 Å². The Bertz CT molecular complexity index is 376. The average Bonchev–Trinajstić information content (AvgIpc) is 2.50. The van der Waals surface area contributed by atoms with Crippen molar-refractivity contribution in [1.82, 2.24) is 5.32 Å². The molecule has 0 aromatic heterocycles. The fourth-order valence-electron chi connectivity index (χ4n) is 1.90. The van der Waals surface area contributed by atoms with E-state index in [9.17, 15) is 0 Å². The van der Waals surface area contributed by atoms with E-state index in [0.29, 0.717) is 26.4 Å². The molecule has 0 saturated heterocycles. The molecule has 0 bridgehead atoms. The van der Waals surface area contributed by atoms with E-state index >= 15 is 0 Å². The minimum absolute atomic E-state index is 0.0590. The highest BCUT2D eigenvalue weighted by atomic mass is 35.5. The molecule has 0 aliphatic carbocycles. The molecule has 0 aliphatic heterocycles. The second kappa shape index (κ2) is 12.0. The second-order valence-electron chi connectivity index (χ2n) is 4.69.